The van der Waals surface area contributed by atoms with E-state index in [1.54, 1.807) is 6.92 Å². The molecular formula is C13H20N2O2. The molecule has 2 N–H and O–H groups in total. The molecule has 0 spiro atoms. The Morgan fingerprint density at radius 3 is 2.76 bits per heavy atom. The van der Waals surface area contributed by atoms with Crippen molar-refractivity contribution < 1.29 is 9.90 Å². The molecule has 0 saturated carbocycles. The summed E-state index contributed by atoms with van der Waals surface area (Å²) in [5, 5.41) is 11.9. The first kappa shape index (κ1) is 13.5. The highest BCUT2D eigenvalue weighted by Gasteiger charge is 2.05. The van der Waals surface area contributed by atoms with E-state index >= 15 is 0 Å². The van der Waals surface area contributed by atoms with E-state index < -0.39 is 6.10 Å². The monoisotopic (exact) mass is 236 g/mol. The molecule has 0 aliphatic heterocycles. The van der Waals surface area contributed by atoms with Crippen LogP contribution in [0.4, 0.5) is 11.4 Å². The fraction of sp³-hybridized carbons (Fsp3) is 0.462. The molecule has 0 aliphatic rings. The molecule has 0 aliphatic carbocycles. The zero-order valence-electron chi connectivity index (χ0n) is 10.6. The van der Waals surface area contributed by atoms with Crippen molar-refractivity contribution in [3.05, 3.63) is 24.3 Å². The van der Waals surface area contributed by atoms with Crippen LogP contribution in [0, 0.1) is 0 Å². The van der Waals surface area contributed by atoms with Gasteiger partial charge in [-0.1, -0.05) is 6.07 Å². The fourth-order valence-electron chi connectivity index (χ4n) is 1.43. The summed E-state index contributed by atoms with van der Waals surface area (Å²) in [6, 6.07) is 7.65. The van der Waals surface area contributed by atoms with Crippen molar-refractivity contribution in [2.24, 2.45) is 0 Å². The van der Waals surface area contributed by atoms with Crippen molar-refractivity contribution in [3.8, 4) is 0 Å². The number of aliphatic hydroxyl groups excluding tert-OH is 1. The quantitative estimate of drug-likeness (QED) is 0.820. The van der Waals surface area contributed by atoms with E-state index in [1.807, 2.05) is 43.3 Å². The first-order chi connectivity index (χ1) is 7.99. The van der Waals surface area contributed by atoms with Crippen LogP contribution in [0.5, 0.6) is 0 Å². The molecule has 0 radical (unpaired) electrons. The Labute approximate surface area is 102 Å². The molecule has 1 aromatic rings. The maximum absolute atomic E-state index is 11.6. The Morgan fingerprint density at radius 1 is 1.47 bits per heavy atom. The van der Waals surface area contributed by atoms with E-state index in [4.69, 9.17) is 5.11 Å². The second kappa shape index (κ2) is 6.25. The lowest BCUT2D eigenvalue weighted by Crippen LogP contribution is -2.15. The van der Waals surface area contributed by atoms with E-state index in [9.17, 15) is 4.79 Å². The normalized spacial score (nSPS) is 12.0. The van der Waals surface area contributed by atoms with Gasteiger partial charge in [0.25, 0.3) is 0 Å². The Bertz CT molecular complexity index is 375. The summed E-state index contributed by atoms with van der Waals surface area (Å²) in [6.45, 7) is 1.68. The molecule has 1 rings (SSSR count). The van der Waals surface area contributed by atoms with Crippen LogP contribution in [0.2, 0.25) is 0 Å². The van der Waals surface area contributed by atoms with Crippen molar-refractivity contribution in [2.45, 2.75) is 25.9 Å². The molecule has 0 saturated heterocycles. The summed E-state index contributed by atoms with van der Waals surface area (Å²) in [6.07, 6.45) is 0.386. The van der Waals surface area contributed by atoms with Crippen molar-refractivity contribution in [1.82, 2.24) is 0 Å². The minimum atomic E-state index is -0.436. The molecule has 0 heterocycles. The van der Waals surface area contributed by atoms with Crippen molar-refractivity contribution in [3.63, 3.8) is 0 Å². The minimum absolute atomic E-state index is 0.0678. The predicted molar refractivity (Wildman–Crippen MR) is 70.3 cm³/mol. The second-order valence-corrected chi connectivity index (χ2v) is 4.38. The highest BCUT2D eigenvalue weighted by molar-refractivity contribution is 5.91. The number of rotatable bonds is 5. The molecule has 1 amide bonds. The first-order valence-electron chi connectivity index (χ1n) is 5.74. The molecule has 4 heteroatoms. The molecule has 94 valence electrons. The van der Waals surface area contributed by atoms with E-state index in [-0.39, 0.29) is 5.91 Å². The van der Waals surface area contributed by atoms with Crippen LogP contribution < -0.4 is 10.2 Å². The number of benzene rings is 1. The molecule has 0 fully saturated rings. The highest BCUT2D eigenvalue weighted by Crippen LogP contribution is 2.17. The number of anilines is 2. The third-order valence-corrected chi connectivity index (χ3v) is 2.44. The molecule has 1 aromatic carbocycles. The maximum Gasteiger partial charge on any atom is 0.224 e. The lowest BCUT2D eigenvalue weighted by molar-refractivity contribution is -0.116. The average Bonchev–Trinajstić information content (AvgIpc) is 2.26. The van der Waals surface area contributed by atoms with E-state index in [0.717, 1.165) is 11.4 Å². The lowest BCUT2D eigenvalue weighted by Gasteiger charge is -2.14. The van der Waals surface area contributed by atoms with E-state index in [1.165, 1.54) is 0 Å². The summed E-state index contributed by atoms with van der Waals surface area (Å²) in [7, 11) is 3.91. The SMILES string of the molecule is CC(O)CCC(=O)Nc1cccc(N(C)C)c1. The van der Waals surface area contributed by atoms with Crippen LogP contribution in [-0.2, 0) is 4.79 Å². The summed E-state index contributed by atoms with van der Waals surface area (Å²) in [4.78, 5) is 13.5. The molecule has 1 unspecified atom stereocenters. The third kappa shape index (κ3) is 4.87. The fourth-order valence-corrected chi connectivity index (χ4v) is 1.43. The maximum atomic E-state index is 11.6. The summed E-state index contributed by atoms with van der Waals surface area (Å²) in [5.41, 5.74) is 1.82. The van der Waals surface area contributed by atoms with E-state index in [0.29, 0.717) is 12.8 Å². The predicted octanol–water partition coefficient (Wildman–Crippen LogP) is 1.85. The van der Waals surface area contributed by atoms with Gasteiger partial charge in [-0.3, -0.25) is 4.79 Å². The largest absolute Gasteiger partial charge is 0.393 e. The first-order valence-corrected chi connectivity index (χ1v) is 5.74. The number of aliphatic hydroxyl groups is 1. The van der Waals surface area contributed by atoms with Gasteiger partial charge in [-0.15, -0.1) is 0 Å². The van der Waals surface area contributed by atoms with Gasteiger partial charge in [-0.25, -0.2) is 0 Å². The van der Waals surface area contributed by atoms with Gasteiger partial charge in [0.2, 0.25) is 5.91 Å². The number of nitrogens with one attached hydrogen (secondary N) is 1. The summed E-state index contributed by atoms with van der Waals surface area (Å²) in [5.74, 6) is -0.0678. The molecular weight excluding hydrogens is 216 g/mol. The second-order valence-electron chi connectivity index (χ2n) is 4.38. The Kier molecular flexibility index (Phi) is 4.97. The zero-order chi connectivity index (χ0) is 12.8. The molecule has 4 nitrogen and oxygen atoms in total. The van der Waals surface area contributed by atoms with Crippen LogP contribution in [0.25, 0.3) is 0 Å². The topological polar surface area (TPSA) is 52.6 Å². The lowest BCUT2D eigenvalue weighted by atomic mass is 10.2. The molecule has 17 heavy (non-hydrogen) atoms. The molecule has 1 atom stereocenters. The number of carbonyl (C=O) groups is 1. The number of nitrogens with zero attached hydrogens (tertiary/aromatic N) is 1. The van der Waals surface area contributed by atoms with Crippen LogP contribution >= 0.6 is 0 Å². The van der Waals surface area contributed by atoms with Crippen LogP contribution in [-0.4, -0.2) is 31.2 Å². The highest BCUT2D eigenvalue weighted by atomic mass is 16.3. The van der Waals surface area contributed by atoms with Gasteiger partial charge in [0, 0.05) is 31.9 Å². The minimum Gasteiger partial charge on any atom is -0.393 e. The molecule has 0 aromatic heterocycles. The Balaban J connectivity index is 2.56. The van der Waals surface area contributed by atoms with E-state index in [2.05, 4.69) is 5.32 Å². The standard InChI is InChI=1S/C13H20N2O2/c1-10(16)7-8-13(17)14-11-5-4-6-12(9-11)15(2)3/h4-6,9-10,16H,7-8H2,1-3H3,(H,14,17). The number of carbonyl (C=O) groups excluding carboxylic acids is 1. The van der Waals surface area contributed by atoms with Crippen LogP contribution in [0.1, 0.15) is 19.8 Å². The number of hydrogen-bond acceptors (Lipinski definition) is 3. The smallest absolute Gasteiger partial charge is 0.224 e. The molecule has 0 bridgehead atoms. The van der Waals surface area contributed by atoms with Crippen LogP contribution in [0.3, 0.4) is 0 Å². The van der Waals surface area contributed by atoms with Gasteiger partial charge in [-0.05, 0) is 31.5 Å². The summed E-state index contributed by atoms with van der Waals surface area (Å²) >= 11 is 0. The number of amides is 1. The Morgan fingerprint density at radius 2 is 2.18 bits per heavy atom. The van der Waals surface area contributed by atoms with Gasteiger partial charge >= 0.3 is 0 Å². The van der Waals surface area contributed by atoms with Crippen LogP contribution in [0.15, 0.2) is 24.3 Å². The Hall–Kier alpha value is -1.55. The van der Waals surface area contributed by atoms with Gasteiger partial charge in [0.1, 0.15) is 0 Å². The van der Waals surface area contributed by atoms with Gasteiger partial charge in [0.15, 0.2) is 0 Å². The van der Waals surface area contributed by atoms with Crippen molar-refractivity contribution >= 4 is 17.3 Å². The van der Waals surface area contributed by atoms with Gasteiger partial charge in [-0.2, -0.15) is 0 Å². The van der Waals surface area contributed by atoms with Crippen molar-refractivity contribution in [1.29, 1.82) is 0 Å². The van der Waals surface area contributed by atoms with Gasteiger partial charge < -0.3 is 15.3 Å². The van der Waals surface area contributed by atoms with Gasteiger partial charge in [0.05, 0.1) is 6.10 Å². The zero-order valence-corrected chi connectivity index (χ0v) is 10.6. The third-order valence-electron chi connectivity index (χ3n) is 2.44. The number of hydrogen-bond donors (Lipinski definition) is 2. The van der Waals surface area contributed by atoms with Crippen molar-refractivity contribution in [2.75, 3.05) is 24.3 Å². The summed E-state index contributed by atoms with van der Waals surface area (Å²) < 4.78 is 0. The average molecular weight is 236 g/mol.